The number of benzene rings is 7. The fraction of sp³-hybridized carbons (Fsp3) is 0. The molecule has 0 aliphatic carbocycles. The van der Waals surface area contributed by atoms with Crippen molar-refractivity contribution in [3.8, 4) is 50.4 Å². The minimum atomic E-state index is 0.563. The molecule has 0 atom stereocenters. The van der Waals surface area contributed by atoms with E-state index in [1.807, 2.05) is 48.5 Å². The molecule has 11 aromatic rings. The van der Waals surface area contributed by atoms with Crippen molar-refractivity contribution in [1.82, 2.24) is 24.5 Å². The summed E-state index contributed by atoms with van der Waals surface area (Å²) in [5.74, 6) is 1.75. The molecule has 248 valence electrons. The zero-order valence-corrected chi connectivity index (χ0v) is 29.0. The van der Waals surface area contributed by atoms with Crippen LogP contribution in [0.4, 0.5) is 0 Å². The summed E-state index contributed by atoms with van der Waals surface area (Å²) >= 11 is 1.71. The highest BCUT2D eigenvalue weighted by Gasteiger charge is 2.20. The second-order valence-corrected chi connectivity index (χ2v) is 14.1. The van der Waals surface area contributed by atoms with Gasteiger partial charge in [-0.25, -0.2) is 9.97 Å². The Morgan fingerprint density at radius 3 is 1.92 bits per heavy atom. The second-order valence-electron chi connectivity index (χ2n) is 13.1. The quantitative estimate of drug-likeness (QED) is 0.179. The molecule has 7 heteroatoms. The third-order valence-corrected chi connectivity index (χ3v) is 11.0. The summed E-state index contributed by atoms with van der Waals surface area (Å²) in [4.78, 5) is 20.3. The Morgan fingerprint density at radius 1 is 0.453 bits per heavy atom. The summed E-state index contributed by atoms with van der Waals surface area (Å²) in [5.41, 5.74) is 9.79. The van der Waals surface area contributed by atoms with E-state index in [-0.39, 0.29) is 0 Å². The molecular weight excluding hydrogens is 671 g/mol. The maximum absolute atomic E-state index is 6.55. The molecule has 7 aromatic carbocycles. The van der Waals surface area contributed by atoms with Crippen LogP contribution in [0.2, 0.25) is 0 Å². The maximum Gasteiger partial charge on any atom is 0.238 e. The van der Waals surface area contributed by atoms with Gasteiger partial charge in [-0.15, -0.1) is 11.3 Å². The van der Waals surface area contributed by atoms with Gasteiger partial charge in [0, 0.05) is 38.2 Å². The first-order valence-corrected chi connectivity index (χ1v) is 18.3. The zero-order chi connectivity index (χ0) is 34.9. The largest absolute Gasteiger partial charge is 0.456 e. The van der Waals surface area contributed by atoms with E-state index in [0.717, 1.165) is 82.1 Å². The van der Waals surface area contributed by atoms with Crippen LogP contribution >= 0.6 is 11.3 Å². The van der Waals surface area contributed by atoms with Gasteiger partial charge >= 0.3 is 0 Å². The lowest BCUT2D eigenvalue weighted by molar-refractivity contribution is 0.669. The topological polar surface area (TPSA) is 69.6 Å². The summed E-state index contributed by atoms with van der Waals surface area (Å²) in [6.45, 7) is 0. The molecule has 0 bridgehead atoms. The van der Waals surface area contributed by atoms with Crippen molar-refractivity contribution in [3.05, 3.63) is 164 Å². The van der Waals surface area contributed by atoms with Crippen LogP contribution < -0.4 is 0 Å². The lowest BCUT2D eigenvalue weighted by Crippen LogP contribution is -2.06. The van der Waals surface area contributed by atoms with Gasteiger partial charge in [0.15, 0.2) is 11.6 Å². The van der Waals surface area contributed by atoms with Crippen LogP contribution in [-0.4, -0.2) is 24.5 Å². The predicted molar refractivity (Wildman–Crippen MR) is 216 cm³/mol. The molecule has 0 aliphatic heterocycles. The predicted octanol–water partition coefficient (Wildman–Crippen LogP) is 12.1. The van der Waals surface area contributed by atoms with Crippen LogP contribution in [-0.2, 0) is 0 Å². The number of para-hydroxylation sites is 3. The number of thiazole rings is 1. The molecular formula is C46H27N5OS. The van der Waals surface area contributed by atoms with Crippen LogP contribution in [0.3, 0.4) is 0 Å². The SMILES string of the molecule is c1ccc(-c2nc(-c3cccc4oc5cc(-c6ccc(-c7nc8ccccc8s7)cc6)ccc5c34)nc(-n3c4ccccc4c4ccccc43)n2)cc1. The van der Waals surface area contributed by atoms with Crippen molar-refractivity contribution in [2.45, 2.75) is 0 Å². The molecule has 0 spiro atoms. The first-order chi connectivity index (χ1) is 26.2. The molecule has 0 saturated heterocycles. The van der Waals surface area contributed by atoms with Crippen LogP contribution in [0.15, 0.2) is 168 Å². The van der Waals surface area contributed by atoms with E-state index in [1.54, 1.807) is 11.3 Å². The highest BCUT2D eigenvalue weighted by atomic mass is 32.1. The van der Waals surface area contributed by atoms with E-state index in [4.69, 9.17) is 24.4 Å². The summed E-state index contributed by atoms with van der Waals surface area (Å²) in [7, 11) is 0. The Labute approximate surface area is 307 Å². The Hall–Kier alpha value is -6.96. The van der Waals surface area contributed by atoms with Crippen LogP contribution in [0.5, 0.6) is 0 Å². The Morgan fingerprint density at radius 2 is 1.13 bits per heavy atom. The lowest BCUT2D eigenvalue weighted by Gasteiger charge is -2.11. The Kier molecular flexibility index (Phi) is 6.62. The minimum absolute atomic E-state index is 0.563. The van der Waals surface area contributed by atoms with E-state index < -0.39 is 0 Å². The fourth-order valence-electron chi connectivity index (χ4n) is 7.43. The molecule has 0 N–H and O–H groups in total. The summed E-state index contributed by atoms with van der Waals surface area (Å²) in [6.07, 6.45) is 0. The number of hydrogen-bond donors (Lipinski definition) is 0. The highest BCUT2D eigenvalue weighted by molar-refractivity contribution is 7.21. The summed E-state index contributed by atoms with van der Waals surface area (Å²) < 4.78 is 9.89. The first-order valence-electron chi connectivity index (χ1n) is 17.5. The van der Waals surface area contributed by atoms with Crippen molar-refractivity contribution in [1.29, 1.82) is 0 Å². The average molecular weight is 698 g/mol. The van der Waals surface area contributed by atoms with Gasteiger partial charge in [0.1, 0.15) is 16.2 Å². The van der Waals surface area contributed by atoms with E-state index in [0.29, 0.717) is 17.6 Å². The highest BCUT2D eigenvalue weighted by Crippen LogP contribution is 2.39. The second kappa shape index (κ2) is 11.8. The number of nitrogens with zero attached hydrogens (tertiary/aromatic N) is 5. The fourth-order valence-corrected chi connectivity index (χ4v) is 8.40. The number of rotatable bonds is 5. The Balaban J connectivity index is 1.05. The molecule has 0 unspecified atom stereocenters. The lowest BCUT2D eigenvalue weighted by atomic mass is 10.0. The third kappa shape index (κ3) is 4.86. The standard InChI is InChI=1S/C46H27N5OS/c1-2-11-29(12-3-1)43-48-44(50-46(49-43)51-37-17-7-4-13-32(37)33-14-5-8-18-38(33)51)35-15-10-19-39-42(35)34-26-25-31(27-40(34)52-39)28-21-23-30(24-22-28)45-47-36-16-6-9-20-41(36)53-45/h1-27H. The number of aromatic nitrogens is 5. The van der Waals surface area contributed by atoms with Crippen molar-refractivity contribution in [2.75, 3.05) is 0 Å². The average Bonchev–Trinajstić information content (AvgIpc) is 3.93. The normalized spacial score (nSPS) is 11.8. The van der Waals surface area contributed by atoms with E-state index in [1.165, 1.54) is 4.70 Å². The molecule has 53 heavy (non-hydrogen) atoms. The van der Waals surface area contributed by atoms with Gasteiger partial charge in [-0.2, -0.15) is 9.97 Å². The monoisotopic (exact) mass is 697 g/mol. The smallest absolute Gasteiger partial charge is 0.238 e. The number of furan rings is 1. The van der Waals surface area contributed by atoms with Gasteiger partial charge in [-0.1, -0.05) is 121 Å². The summed E-state index contributed by atoms with van der Waals surface area (Å²) in [6, 6.07) is 56.3. The van der Waals surface area contributed by atoms with Gasteiger partial charge in [-0.3, -0.25) is 4.57 Å². The van der Waals surface area contributed by atoms with Gasteiger partial charge in [0.05, 0.1) is 21.3 Å². The van der Waals surface area contributed by atoms with Crippen molar-refractivity contribution < 1.29 is 4.42 Å². The van der Waals surface area contributed by atoms with E-state index in [9.17, 15) is 0 Å². The van der Waals surface area contributed by atoms with Crippen molar-refractivity contribution >= 4 is 65.3 Å². The molecule has 0 fully saturated rings. The van der Waals surface area contributed by atoms with Crippen molar-refractivity contribution in [2.24, 2.45) is 0 Å². The molecule has 0 radical (unpaired) electrons. The molecule has 0 amide bonds. The van der Waals surface area contributed by atoms with E-state index >= 15 is 0 Å². The van der Waals surface area contributed by atoms with E-state index in [2.05, 4.69) is 120 Å². The summed E-state index contributed by atoms with van der Waals surface area (Å²) in [5, 5.41) is 5.30. The molecule has 11 rings (SSSR count). The minimum Gasteiger partial charge on any atom is -0.456 e. The molecule has 6 nitrogen and oxygen atoms in total. The maximum atomic E-state index is 6.55. The van der Waals surface area contributed by atoms with Crippen LogP contribution in [0.1, 0.15) is 0 Å². The third-order valence-electron chi connectivity index (χ3n) is 9.93. The molecule has 4 aromatic heterocycles. The number of fused-ring (bicyclic) bond motifs is 7. The van der Waals surface area contributed by atoms with Crippen molar-refractivity contribution in [3.63, 3.8) is 0 Å². The van der Waals surface area contributed by atoms with Gasteiger partial charge in [0.25, 0.3) is 0 Å². The Bertz CT molecular complexity index is 3090. The number of hydrogen-bond acceptors (Lipinski definition) is 6. The van der Waals surface area contributed by atoms with Crippen LogP contribution in [0.25, 0.3) is 104 Å². The first kappa shape index (κ1) is 29.7. The van der Waals surface area contributed by atoms with Crippen LogP contribution in [0, 0.1) is 0 Å². The molecule has 4 heterocycles. The zero-order valence-electron chi connectivity index (χ0n) is 28.1. The van der Waals surface area contributed by atoms with Gasteiger partial charge in [-0.05, 0) is 53.6 Å². The van der Waals surface area contributed by atoms with Gasteiger partial charge < -0.3 is 4.42 Å². The molecule has 0 aliphatic rings. The molecule has 0 saturated carbocycles. The van der Waals surface area contributed by atoms with Gasteiger partial charge in [0.2, 0.25) is 5.95 Å².